The number of H-pyrrole nitrogens is 1. The van der Waals surface area contributed by atoms with Gasteiger partial charge >= 0.3 is 0 Å². The van der Waals surface area contributed by atoms with Crippen LogP contribution in [0.3, 0.4) is 0 Å². The summed E-state index contributed by atoms with van der Waals surface area (Å²) in [5.74, 6) is 0.598. The first kappa shape index (κ1) is 10.7. The molecule has 0 aromatic carbocycles. The van der Waals surface area contributed by atoms with Crippen LogP contribution in [0, 0.1) is 0 Å². The van der Waals surface area contributed by atoms with Gasteiger partial charge in [0.25, 0.3) is 5.56 Å². The molecule has 4 nitrogen and oxygen atoms in total. The van der Waals surface area contributed by atoms with Gasteiger partial charge in [0.1, 0.15) is 5.82 Å². The van der Waals surface area contributed by atoms with Crippen LogP contribution in [-0.2, 0) is 0 Å². The lowest BCUT2D eigenvalue weighted by molar-refractivity contribution is 0.620. The molecule has 0 radical (unpaired) electrons. The molecule has 0 bridgehead atoms. The molecule has 1 rings (SSSR count). The molecule has 1 heterocycles. The third-order valence-corrected chi connectivity index (χ3v) is 1.95. The summed E-state index contributed by atoms with van der Waals surface area (Å²) in [6.45, 7) is 2.09. The van der Waals surface area contributed by atoms with Crippen molar-refractivity contribution in [2.45, 2.75) is 19.4 Å². The number of aromatic nitrogens is 2. The van der Waals surface area contributed by atoms with E-state index in [1.165, 1.54) is 12.3 Å². The Morgan fingerprint density at radius 1 is 1.71 bits per heavy atom. The Labute approximate surface area is 83.1 Å². The molecule has 0 aliphatic heterocycles. The highest BCUT2D eigenvalue weighted by atomic mass is 16.1. The molecule has 0 amide bonds. The highest BCUT2D eigenvalue weighted by Crippen LogP contribution is 1.95. The molecule has 0 aliphatic rings. The van der Waals surface area contributed by atoms with Crippen LogP contribution in [0.2, 0.25) is 0 Å². The van der Waals surface area contributed by atoms with E-state index < -0.39 is 0 Å². The molecule has 0 aliphatic carbocycles. The Morgan fingerprint density at radius 3 is 3.14 bits per heavy atom. The molecule has 0 fully saturated rings. The van der Waals surface area contributed by atoms with Crippen molar-refractivity contribution in [3.8, 4) is 0 Å². The first-order chi connectivity index (χ1) is 6.72. The molecular formula is C10H15N3O. The van der Waals surface area contributed by atoms with Crippen LogP contribution < -0.4 is 10.9 Å². The summed E-state index contributed by atoms with van der Waals surface area (Å²) in [6.07, 6.45) is 6.21. The number of rotatable bonds is 4. The second-order valence-corrected chi connectivity index (χ2v) is 3.15. The van der Waals surface area contributed by atoms with Crippen molar-refractivity contribution in [3.05, 3.63) is 34.5 Å². The molecule has 0 spiro atoms. The Balaban J connectivity index is 2.56. The van der Waals surface area contributed by atoms with Gasteiger partial charge in [-0.2, -0.15) is 0 Å². The van der Waals surface area contributed by atoms with E-state index in [9.17, 15) is 4.79 Å². The average Bonchev–Trinajstić information content (AvgIpc) is 2.17. The third kappa shape index (κ3) is 3.53. The van der Waals surface area contributed by atoms with Gasteiger partial charge in [-0.15, -0.1) is 0 Å². The van der Waals surface area contributed by atoms with Crippen LogP contribution in [0.25, 0.3) is 6.08 Å². The molecule has 76 valence electrons. The molecule has 1 atom stereocenters. The van der Waals surface area contributed by atoms with Gasteiger partial charge in [-0.25, -0.2) is 4.98 Å². The monoisotopic (exact) mass is 193 g/mol. The van der Waals surface area contributed by atoms with Crippen molar-refractivity contribution >= 4 is 6.08 Å². The highest BCUT2D eigenvalue weighted by Gasteiger charge is 1.93. The Kier molecular flexibility index (Phi) is 4.07. The van der Waals surface area contributed by atoms with Gasteiger partial charge in [0.2, 0.25) is 0 Å². The molecule has 1 unspecified atom stereocenters. The minimum absolute atomic E-state index is 0.124. The van der Waals surface area contributed by atoms with Gasteiger partial charge in [-0.3, -0.25) is 4.79 Å². The van der Waals surface area contributed by atoms with Crippen molar-refractivity contribution in [2.75, 3.05) is 7.05 Å². The van der Waals surface area contributed by atoms with E-state index in [1.807, 2.05) is 19.2 Å². The van der Waals surface area contributed by atoms with Crippen molar-refractivity contribution in [1.82, 2.24) is 15.3 Å². The fourth-order valence-electron chi connectivity index (χ4n) is 0.972. The SMILES string of the molecule is CNC(C)CC=Cc1nccc(=O)[nH]1. The second-order valence-electron chi connectivity index (χ2n) is 3.15. The first-order valence-corrected chi connectivity index (χ1v) is 4.61. The van der Waals surface area contributed by atoms with Crippen LogP contribution in [0.15, 0.2) is 23.1 Å². The second kappa shape index (κ2) is 5.34. The van der Waals surface area contributed by atoms with E-state index in [4.69, 9.17) is 0 Å². The first-order valence-electron chi connectivity index (χ1n) is 4.61. The van der Waals surface area contributed by atoms with Crippen LogP contribution in [0.5, 0.6) is 0 Å². The predicted molar refractivity (Wildman–Crippen MR) is 57.0 cm³/mol. The van der Waals surface area contributed by atoms with E-state index in [0.717, 1.165) is 6.42 Å². The summed E-state index contributed by atoms with van der Waals surface area (Å²) >= 11 is 0. The standard InChI is InChI=1S/C10H15N3O/c1-8(11-2)4-3-5-9-12-7-6-10(14)13-9/h3,5-8,11H,4H2,1-2H3,(H,12,13,14). The smallest absolute Gasteiger partial charge is 0.251 e. The minimum atomic E-state index is -0.124. The van der Waals surface area contributed by atoms with E-state index in [0.29, 0.717) is 11.9 Å². The summed E-state index contributed by atoms with van der Waals surface area (Å²) in [5.41, 5.74) is -0.124. The van der Waals surface area contributed by atoms with Gasteiger partial charge < -0.3 is 10.3 Å². The number of nitrogens with zero attached hydrogens (tertiary/aromatic N) is 1. The van der Waals surface area contributed by atoms with Crippen LogP contribution >= 0.6 is 0 Å². The van der Waals surface area contributed by atoms with Crippen LogP contribution in [0.4, 0.5) is 0 Å². The zero-order chi connectivity index (χ0) is 10.4. The van der Waals surface area contributed by atoms with E-state index >= 15 is 0 Å². The highest BCUT2D eigenvalue weighted by molar-refractivity contribution is 5.38. The molecule has 4 heteroatoms. The lowest BCUT2D eigenvalue weighted by Gasteiger charge is -2.04. The van der Waals surface area contributed by atoms with Crippen LogP contribution in [-0.4, -0.2) is 23.1 Å². The molecule has 2 N–H and O–H groups in total. The number of aromatic amines is 1. The quantitative estimate of drug-likeness (QED) is 0.743. The molecule has 1 aromatic heterocycles. The Hall–Kier alpha value is -1.42. The normalized spacial score (nSPS) is 13.3. The van der Waals surface area contributed by atoms with E-state index in [-0.39, 0.29) is 5.56 Å². The van der Waals surface area contributed by atoms with E-state index in [1.54, 1.807) is 0 Å². The fraction of sp³-hybridized carbons (Fsp3) is 0.400. The van der Waals surface area contributed by atoms with E-state index in [2.05, 4.69) is 22.2 Å². The number of nitrogens with one attached hydrogen (secondary N) is 2. The van der Waals surface area contributed by atoms with Gasteiger partial charge in [0.05, 0.1) is 0 Å². The Bertz CT molecular complexity index is 356. The fourth-order valence-corrected chi connectivity index (χ4v) is 0.972. The van der Waals surface area contributed by atoms with Gasteiger partial charge in [0.15, 0.2) is 0 Å². The number of hydrogen-bond donors (Lipinski definition) is 2. The zero-order valence-electron chi connectivity index (χ0n) is 8.45. The van der Waals surface area contributed by atoms with Gasteiger partial charge in [-0.05, 0) is 26.5 Å². The largest absolute Gasteiger partial charge is 0.317 e. The topological polar surface area (TPSA) is 57.8 Å². The summed E-state index contributed by atoms with van der Waals surface area (Å²) < 4.78 is 0. The maximum absolute atomic E-state index is 10.9. The number of hydrogen-bond acceptors (Lipinski definition) is 3. The van der Waals surface area contributed by atoms with Gasteiger partial charge in [0, 0.05) is 18.3 Å². The maximum Gasteiger partial charge on any atom is 0.251 e. The van der Waals surface area contributed by atoms with Crippen molar-refractivity contribution in [2.24, 2.45) is 0 Å². The summed E-state index contributed by atoms with van der Waals surface area (Å²) in [6, 6.07) is 1.83. The average molecular weight is 193 g/mol. The molecule has 14 heavy (non-hydrogen) atoms. The predicted octanol–water partition coefficient (Wildman–Crippen LogP) is 0.781. The zero-order valence-corrected chi connectivity index (χ0v) is 8.45. The summed E-state index contributed by atoms with van der Waals surface area (Å²) in [4.78, 5) is 17.5. The molecular weight excluding hydrogens is 178 g/mol. The molecule has 0 saturated carbocycles. The lowest BCUT2D eigenvalue weighted by Crippen LogP contribution is -2.19. The van der Waals surface area contributed by atoms with Gasteiger partial charge in [-0.1, -0.05) is 6.08 Å². The third-order valence-electron chi connectivity index (χ3n) is 1.95. The molecule has 0 saturated heterocycles. The van der Waals surface area contributed by atoms with Crippen molar-refractivity contribution in [1.29, 1.82) is 0 Å². The molecule has 1 aromatic rings. The van der Waals surface area contributed by atoms with Crippen LogP contribution in [0.1, 0.15) is 19.2 Å². The lowest BCUT2D eigenvalue weighted by atomic mass is 10.2. The summed E-state index contributed by atoms with van der Waals surface area (Å²) in [7, 11) is 1.92. The van der Waals surface area contributed by atoms with Crippen molar-refractivity contribution < 1.29 is 0 Å². The van der Waals surface area contributed by atoms with Crippen molar-refractivity contribution in [3.63, 3.8) is 0 Å². The maximum atomic E-state index is 10.9. The summed E-state index contributed by atoms with van der Waals surface area (Å²) in [5, 5.41) is 3.12. The minimum Gasteiger partial charge on any atom is -0.317 e. The Morgan fingerprint density at radius 2 is 2.50 bits per heavy atom.